The van der Waals surface area contributed by atoms with Gasteiger partial charge in [-0.15, -0.1) is 0 Å². The molecule has 0 saturated carbocycles. The first-order chi connectivity index (χ1) is 10.0. The number of rotatable bonds is 7. The Morgan fingerprint density at radius 1 is 1.33 bits per heavy atom. The first-order valence-corrected chi connectivity index (χ1v) is 8.19. The van der Waals surface area contributed by atoms with Crippen LogP contribution in [0.3, 0.4) is 0 Å². The number of carboxylic acid groups (broad SMARTS) is 1. The zero-order valence-corrected chi connectivity index (χ0v) is 13.2. The van der Waals surface area contributed by atoms with E-state index in [4.69, 9.17) is 5.11 Å². The normalized spacial score (nSPS) is 13.0. The molecule has 0 spiro atoms. The van der Waals surface area contributed by atoms with E-state index in [1.165, 1.54) is 19.8 Å². The quantitative estimate of drug-likeness (QED) is 0.601. The molecule has 1 rings (SSSR count). The third-order valence-corrected chi connectivity index (χ3v) is 4.13. The summed E-state index contributed by atoms with van der Waals surface area (Å²) < 4.78 is 14.4. The summed E-state index contributed by atoms with van der Waals surface area (Å²) >= 11 is 0. The smallest absolute Gasteiger partial charge is 0.321 e. The van der Waals surface area contributed by atoms with Crippen molar-refractivity contribution in [2.75, 3.05) is 0 Å². The van der Waals surface area contributed by atoms with Gasteiger partial charge in [0.25, 0.3) is 0 Å². The molecule has 0 aliphatic carbocycles. The average Bonchev–Trinajstić information content (AvgIpc) is 2.47. The number of carboxylic acids is 1. The van der Waals surface area contributed by atoms with Gasteiger partial charge in [0.1, 0.15) is 17.0 Å². The fourth-order valence-electron chi connectivity index (χ4n) is 1.57. The molecule has 4 nitrogen and oxygen atoms in total. The van der Waals surface area contributed by atoms with Crippen molar-refractivity contribution in [2.24, 2.45) is 0 Å². The average molecular weight is 307 g/mol. The zero-order valence-electron chi connectivity index (χ0n) is 12.4. The second kappa shape index (κ2) is 9.32. The molecule has 2 atom stereocenters. The molecule has 0 bridgehead atoms. The molecule has 0 aromatic heterocycles. The SMILES string of the molecule is CCCCCC#Cc1ccc(S(=O)NC(C)C(=O)O)cc1. The minimum Gasteiger partial charge on any atom is -0.480 e. The minimum atomic E-state index is -1.53. The lowest BCUT2D eigenvalue weighted by Crippen LogP contribution is -2.34. The number of benzene rings is 1. The molecule has 0 fully saturated rings. The summed E-state index contributed by atoms with van der Waals surface area (Å²) in [5, 5.41) is 8.77. The van der Waals surface area contributed by atoms with Crippen molar-refractivity contribution in [3.8, 4) is 11.8 Å². The van der Waals surface area contributed by atoms with E-state index in [9.17, 15) is 9.00 Å². The fourth-order valence-corrected chi connectivity index (χ4v) is 2.51. The van der Waals surface area contributed by atoms with Crippen LogP contribution >= 0.6 is 0 Å². The lowest BCUT2D eigenvalue weighted by Gasteiger charge is -2.08. The molecular weight excluding hydrogens is 286 g/mol. The Labute approximate surface area is 128 Å². The van der Waals surface area contributed by atoms with Gasteiger partial charge in [-0.25, -0.2) is 8.93 Å². The molecule has 114 valence electrons. The molecule has 0 radical (unpaired) electrons. The Morgan fingerprint density at radius 3 is 2.57 bits per heavy atom. The van der Waals surface area contributed by atoms with Gasteiger partial charge in [-0.3, -0.25) is 4.79 Å². The van der Waals surface area contributed by atoms with Crippen molar-refractivity contribution >= 4 is 17.0 Å². The molecule has 2 unspecified atom stereocenters. The van der Waals surface area contributed by atoms with Gasteiger partial charge in [-0.2, -0.15) is 0 Å². The van der Waals surface area contributed by atoms with E-state index >= 15 is 0 Å². The molecule has 1 aromatic rings. The molecule has 2 N–H and O–H groups in total. The van der Waals surface area contributed by atoms with Crippen molar-refractivity contribution in [3.05, 3.63) is 29.8 Å². The van der Waals surface area contributed by atoms with Gasteiger partial charge < -0.3 is 5.11 Å². The van der Waals surface area contributed by atoms with E-state index in [0.29, 0.717) is 4.90 Å². The maximum Gasteiger partial charge on any atom is 0.321 e. The fraction of sp³-hybridized carbons (Fsp3) is 0.438. The van der Waals surface area contributed by atoms with Gasteiger partial charge in [0.2, 0.25) is 0 Å². The van der Waals surface area contributed by atoms with Gasteiger partial charge in [0, 0.05) is 12.0 Å². The molecule has 0 amide bonds. The van der Waals surface area contributed by atoms with Gasteiger partial charge in [-0.05, 0) is 37.6 Å². The van der Waals surface area contributed by atoms with E-state index in [-0.39, 0.29) is 0 Å². The lowest BCUT2D eigenvalue weighted by molar-refractivity contribution is -0.138. The predicted molar refractivity (Wildman–Crippen MR) is 84.1 cm³/mol. The topological polar surface area (TPSA) is 66.4 Å². The molecule has 0 aliphatic heterocycles. The lowest BCUT2D eigenvalue weighted by atomic mass is 10.2. The highest BCUT2D eigenvalue weighted by atomic mass is 32.2. The molecule has 0 saturated heterocycles. The first kappa shape index (κ1) is 17.4. The van der Waals surface area contributed by atoms with Crippen molar-refractivity contribution in [2.45, 2.75) is 50.5 Å². The maximum absolute atomic E-state index is 11.9. The van der Waals surface area contributed by atoms with Crippen molar-refractivity contribution in [3.63, 3.8) is 0 Å². The van der Waals surface area contributed by atoms with Crippen LogP contribution in [0.2, 0.25) is 0 Å². The van der Waals surface area contributed by atoms with Crippen LogP contribution in [0, 0.1) is 11.8 Å². The predicted octanol–water partition coefficient (Wildman–Crippen LogP) is 2.70. The highest BCUT2D eigenvalue weighted by Crippen LogP contribution is 2.08. The number of carbonyl (C=O) groups is 1. The van der Waals surface area contributed by atoms with Crippen LogP contribution in [0.4, 0.5) is 0 Å². The standard InChI is InChI=1S/C16H21NO3S/c1-3-4-5-6-7-8-14-9-11-15(12-10-14)21(20)17-13(2)16(18)19/h9-13,17H,3-6H2,1-2H3,(H,18,19). The Bertz CT molecular complexity index is 543. The van der Waals surface area contributed by atoms with E-state index < -0.39 is 23.0 Å². The number of hydrogen-bond acceptors (Lipinski definition) is 2. The van der Waals surface area contributed by atoms with Crippen molar-refractivity contribution in [1.82, 2.24) is 4.72 Å². The second-order valence-corrected chi connectivity index (χ2v) is 5.97. The third-order valence-electron chi connectivity index (χ3n) is 2.86. The summed E-state index contributed by atoms with van der Waals surface area (Å²) in [6.45, 7) is 3.61. The number of unbranched alkanes of at least 4 members (excludes halogenated alkanes) is 3. The summed E-state index contributed by atoms with van der Waals surface area (Å²) in [5.41, 5.74) is 0.874. The van der Waals surface area contributed by atoms with Crippen LogP contribution in [0.5, 0.6) is 0 Å². The summed E-state index contributed by atoms with van der Waals surface area (Å²) in [6.07, 6.45) is 4.38. The maximum atomic E-state index is 11.9. The van der Waals surface area contributed by atoms with Crippen LogP contribution in [0.1, 0.15) is 45.1 Å². The van der Waals surface area contributed by atoms with E-state index in [0.717, 1.165) is 18.4 Å². The van der Waals surface area contributed by atoms with Crippen molar-refractivity contribution < 1.29 is 14.1 Å². The van der Waals surface area contributed by atoms with Crippen LogP contribution < -0.4 is 4.72 Å². The van der Waals surface area contributed by atoms with E-state index in [1.54, 1.807) is 24.3 Å². The monoisotopic (exact) mass is 307 g/mol. The second-order valence-electron chi connectivity index (χ2n) is 4.73. The van der Waals surface area contributed by atoms with Crippen LogP contribution in [0.25, 0.3) is 0 Å². The molecule has 21 heavy (non-hydrogen) atoms. The highest BCUT2D eigenvalue weighted by molar-refractivity contribution is 7.83. The van der Waals surface area contributed by atoms with Crippen LogP contribution in [-0.2, 0) is 15.8 Å². The Hall–Kier alpha value is -1.64. The zero-order chi connectivity index (χ0) is 15.7. The molecule has 0 aliphatic rings. The molecule has 0 heterocycles. The Morgan fingerprint density at radius 2 is 2.00 bits per heavy atom. The summed E-state index contributed by atoms with van der Waals surface area (Å²) in [4.78, 5) is 11.2. The van der Waals surface area contributed by atoms with E-state index in [1.807, 2.05) is 0 Å². The Kier molecular flexibility index (Phi) is 7.73. The molecule has 1 aromatic carbocycles. The highest BCUT2D eigenvalue weighted by Gasteiger charge is 2.14. The third kappa shape index (κ3) is 6.56. The number of hydrogen-bond donors (Lipinski definition) is 2. The number of nitrogens with one attached hydrogen (secondary N) is 1. The van der Waals surface area contributed by atoms with Gasteiger partial charge in [-0.1, -0.05) is 31.6 Å². The number of aliphatic carboxylic acids is 1. The molecular formula is C16H21NO3S. The van der Waals surface area contributed by atoms with Gasteiger partial charge in [0.05, 0.1) is 4.90 Å². The largest absolute Gasteiger partial charge is 0.480 e. The van der Waals surface area contributed by atoms with E-state index in [2.05, 4.69) is 23.5 Å². The van der Waals surface area contributed by atoms with Gasteiger partial charge >= 0.3 is 5.97 Å². The summed E-state index contributed by atoms with van der Waals surface area (Å²) in [7, 11) is -1.53. The Balaban J connectivity index is 2.57. The minimum absolute atomic E-state index is 0.541. The van der Waals surface area contributed by atoms with Crippen LogP contribution in [0.15, 0.2) is 29.2 Å². The van der Waals surface area contributed by atoms with Gasteiger partial charge in [0.15, 0.2) is 0 Å². The van der Waals surface area contributed by atoms with Crippen LogP contribution in [-0.4, -0.2) is 21.3 Å². The molecule has 5 heteroatoms. The summed E-state index contributed by atoms with van der Waals surface area (Å²) in [5.74, 6) is 5.15. The van der Waals surface area contributed by atoms with Crippen molar-refractivity contribution in [1.29, 1.82) is 0 Å². The summed E-state index contributed by atoms with van der Waals surface area (Å²) in [6, 6.07) is 6.14. The first-order valence-electron chi connectivity index (χ1n) is 7.04.